The fourth-order valence-electron chi connectivity index (χ4n) is 2.02. The van der Waals surface area contributed by atoms with E-state index in [9.17, 15) is 22.4 Å². The molecule has 1 aromatic rings. The van der Waals surface area contributed by atoms with Gasteiger partial charge in [-0.15, -0.1) is 0 Å². The summed E-state index contributed by atoms with van der Waals surface area (Å²) in [6.07, 6.45) is 1.25. The first-order chi connectivity index (χ1) is 11.3. The summed E-state index contributed by atoms with van der Waals surface area (Å²) in [7, 11) is 0. The molecule has 1 aromatic carbocycles. The summed E-state index contributed by atoms with van der Waals surface area (Å²) in [6, 6.07) is 6.71. The Labute approximate surface area is 142 Å². The van der Waals surface area contributed by atoms with E-state index in [1.165, 1.54) is 12.1 Å². The second kappa shape index (κ2) is 9.48. The summed E-state index contributed by atoms with van der Waals surface area (Å²) in [4.78, 5) is 12.0. The van der Waals surface area contributed by atoms with Gasteiger partial charge in [-0.1, -0.05) is 13.3 Å². The van der Waals surface area contributed by atoms with Gasteiger partial charge in [0.1, 0.15) is 5.82 Å². The largest absolute Gasteiger partial charge is 0.446 e. The molecule has 0 aromatic heterocycles. The Morgan fingerprint density at radius 3 is 2.29 bits per heavy atom. The molecule has 0 amide bonds. The van der Waals surface area contributed by atoms with Gasteiger partial charge in [0, 0.05) is 22.5 Å². The number of unbranched alkanes of at least 4 members (excludes halogenated alkanes) is 1. The molecule has 0 saturated heterocycles. The van der Waals surface area contributed by atoms with Gasteiger partial charge >= 0.3 is 5.51 Å². The van der Waals surface area contributed by atoms with Crippen molar-refractivity contribution in [1.29, 1.82) is 5.26 Å². The number of carbonyl (C=O) groups excluding carboxylic acids is 1. The van der Waals surface area contributed by atoms with Gasteiger partial charge in [-0.2, -0.15) is 18.4 Å². The van der Waals surface area contributed by atoms with Crippen molar-refractivity contribution in [3.63, 3.8) is 0 Å². The van der Waals surface area contributed by atoms with E-state index >= 15 is 0 Å². The summed E-state index contributed by atoms with van der Waals surface area (Å²) in [6.45, 7) is 1.85. The van der Waals surface area contributed by atoms with Crippen LogP contribution in [0.3, 0.4) is 0 Å². The zero-order valence-electron chi connectivity index (χ0n) is 13.1. The van der Waals surface area contributed by atoms with Crippen molar-refractivity contribution >= 4 is 17.5 Å². The molecule has 24 heavy (non-hydrogen) atoms. The molecule has 0 aliphatic carbocycles. The molecule has 0 N–H and O–H groups in total. The molecule has 0 saturated carbocycles. The van der Waals surface area contributed by atoms with Crippen LogP contribution >= 0.6 is 11.8 Å². The second-order valence-electron chi connectivity index (χ2n) is 5.09. The lowest BCUT2D eigenvalue weighted by atomic mass is 10.0. The zero-order chi connectivity index (χ0) is 18.2. The number of nitriles is 1. The van der Waals surface area contributed by atoms with Crippen molar-refractivity contribution in [2.45, 2.75) is 44.5 Å². The molecule has 0 atom stereocenters. The van der Waals surface area contributed by atoms with E-state index in [4.69, 9.17) is 5.26 Å². The van der Waals surface area contributed by atoms with Crippen molar-refractivity contribution in [2.75, 3.05) is 0 Å². The second-order valence-corrected chi connectivity index (χ2v) is 6.25. The van der Waals surface area contributed by atoms with Crippen LogP contribution in [0, 0.1) is 17.1 Å². The summed E-state index contributed by atoms with van der Waals surface area (Å²) in [5.74, 6) is -0.817. The Bertz CT molecular complexity index is 629. The molecule has 0 radical (unpaired) electrons. The molecule has 0 unspecified atom stereocenters. The number of allylic oxidation sites excluding steroid dienone is 2. The summed E-state index contributed by atoms with van der Waals surface area (Å²) in [5.41, 5.74) is -4.21. The molecule has 1 rings (SSSR count). The highest BCUT2D eigenvalue weighted by atomic mass is 32.2. The molecule has 0 heterocycles. The number of carbonyl (C=O) groups is 1. The van der Waals surface area contributed by atoms with E-state index in [2.05, 4.69) is 0 Å². The number of alkyl halides is 3. The van der Waals surface area contributed by atoms with Gasteiger partial charge in [0.25, 0.3) is 0 Å². The molecule has 0 aliphatic heterocycles. The number of ketones is 1. The van der Waals surface area contributed by atoms with Crippen LogP contribution in [-0.2, 0) is 0 Å². The van der Waals surface area contributed by atoms with Crippen molar-refractivity contribution in [3.05, 3.63) is 46.1 Å². The van der Waals surface area contributed by atoms with Crippen LogP contribution in [0.25, 0.3) is 0 Å². The van der Waals surface area contributed by atoms with Gasteiger partial charge in [-0.25, -0.2) is 4.39 Å². The van der Waals surface area contributed by atoms with Crippen molar-refractivity contribution in [1.82, 2.24) is 0 Å². The van der Waals surface area contributed by atoms with Gasteiger partial charge in [0.15, 0.2) is 5.78 Å². The first-order valence-electron chi connectivity index (χ1n) is 7.43. The molecule has 0 spiro atoms. The smallest absolute Gasteiger partial charge is 0.294 e. The molecule has 130 valence electrons. The lowest BCUT2D eigenvalue weighted by Crippen LogP contribution is -2.04. The van der Waals surface area contributed by atoms with Crippen LogP contribution in [0.4, 0.5) is 17.6 Å². The third-order valence-electron chi connectivity index (χ3n) is 3.24. The normalized spacial score (nSPS) is 12.5. The SMILES string of the molecule is CCCC/C(SC(F)(F)F)=C(\C#N)CCC(=O)c1ccc(F)cc1. The molecule has 2 nitrogen and oxygen atoms in total. The number of benzene rings is 1. The van der Waals surface area contributed by atoms with E-state index in [0.29, 0.717) is 12.8 Å². The van der Waals surface area contributed by atoms with Gasteiger partial charge in [0.2, 0.25) is 0 Å². The quantitative estimate of drug-likeness (QED) is 0.324. The zero-order valence-corrected chi connectivity index (χ0v) is 13.9. The molecule has 7 heteroatoms. The van der Waals surface area contributed by atoms with E-state index < -0.39 is 11.3 Å². The lowest BCUT2D eigenvalue weighted by molar-refractivity contribution is -0.0322. The van der Waals surface area contributed by atoms with E-state index in [1.54, 1.807) is 6.07 Å². The number of hydrogen-bond acceptors (Lipinski definition) is 3. The van der Waals surface area contributed by atoms with Gasteiger partial charge < -0.3 is 0 Å². The Hall–Kier alpha value is -1.81. The monoisotopic (exact) mass is 359 g/mol. The lowest BCUT2D eigenvalue weighted by Gasteiger charge is -2.12. The van der Waals surface area contributed by atoms with E-state index in [1.807, 2.05) is 6.92 Å². The summed E-state index contributed by atoms with van der Waals surface area (Å²) >= 11 is -0.280. The minimum atomic E-state index is -4.47. The Balaban J connectivity index is 2.85. The highest BCUT2D eigenvalue weighted by Gasteiger charge is 2.31. The van der Waals surface area contributed by atoms with Crippen LogP contribution < -0.4 is 0 Å². The average Bonchev–Trinajstić information content (AvgIpc) is 2.52. The van der Waals surface area contributed by atoms with Crippen molar-refractivity contribution in [3.8, 4) is 6.07 Å². The topological polar surface area (TPSA) is 40.9 Å². The maximum absolute atomic E-state index is 12.8. The van der Waals surface area contributed by atoms with Gasteiger partial charge in [-0.05, 0) is 55.3 Å². The highest BCUT2D eigenvalue weighted by molar-refractivity contribution is 8.03. The minimum absolute atomic E-state index is 0.0127. The first-order valence-corrected chi connectivity index (χ1v) is 8.25. The minimum Gasteiger partial charge on any atom is -0.294 e. The van der Waals surface area contributed by atoms with Crippen LogP contribution in [0.15, 0.2) is 34.7 Å². The summed E-state index contributed by atoms with van der Waals surface area (Å²) < 4.78 is 50.8. The third-order valence-corrected chi connectivity index (χ3v) is 4.16. The number of rotatable bonds is 8. The molecule has 0 fully saturated rings. The number of nitrogens with zero attached hydrogens (tertiary/aromatic N) is 1. The predicted molar refractivity (Wildman–Crippen MR) is 85.8 cm³/mol. The highest BCUT2D eigenvalue weighted by Crippen LogP contribution is 2.40. The van der Waals surface area contributed by atoms with Crippen LogP contribution in [0.1, 0.15) is 49.4 Å². The van der Waals surface area contributed by atoms with Crippen LogP contribution in [-0.4, -0.2) is 11.3 Å². The fraction of sp³-hybridized carbons (Fsp3) is 0.412. The Kier molecular flexibility index (Phi) is 7.99. The third kappa shape index (κ3) is 7.18. The Morgan fingerprint density at radius 1 is 1.17 bits per heavy atom. The van der Waals surface area contributed by atoms with E-state index in [0.717, 1.165) is 12.1 Å². The first kappa shape index (κ1) is 20.2. The maximum Gasteiger partial charge on any atom is 0.446 e. The molecular weight excluding hydrogens is 342 g/mol. The number of Topliss-reactive ketones (excluding diaryl/α,β-unsaturated/α-hetero) is 1. The van der Waals surface area contributed by atoms with Crippen LogP contribution in [0.2, 0.25) is 0 Å². The standard InChI is InChI=1S/C17H17F4NOS/c1-2-3-4-16(24-17(19,20)21)13(11-22)7-10-15(23)12-5-8-14(18)9-6-12/h5-6,8-9H,2-4,7,10H2,1H3/b16-13+. The molecular formula is C17H17F4NOS. The maximum atomic E-state index is 12.8. The molecule has 0 bridgehead atoms. The number of thioether (sulfide) groups is 1. The predicted octanol–water partition coefficient (Wildman–Crippen LogP) is 6.01. The molecule has 0 aliphatic rings. The van der Waals surface area contributed by atoms with Crippen LogP contribution in [0.5, 0.6) is 0 Å². The fourth-order valence-corrected chi connectivity index (χ4v) is 2.81. The summed E-state index contributed by atoms with van der Waals surface area (Å²) in [5, 5.41) is 9.16. The Morgan fingerprint density at radius 2 is 1.79 bits per heavy atom. The van der Waals surface area contributed by atoms with Gasteiger partial charge in [-0.3, -0.25) is 4.79 Å². The van der Waals surface area contributed by atoms with Crippen molar-refractivity contribution < 1.29 is 22.4 Å². The number of halogens is 4. The van der Waals surface area contributed by atoms with Crippen molar-refractivity contribution in [2.24, 2.45) is 0 Å². The number of hydrogen-bond donors (Lipinski definition) is 0. The van der Waals surface area contributed by atoms with E-state index in [-0.39, 0.29) is 52.8 Å². The van der Waals surface area contributed by atoms with Gasteiger partial charge in [0.05, 0.1) is 6.07 Å². The average molecular weight is 359 g/mol.